The summed E-state index contributed by atoms with van der Waals surface area (Å²) in [5.41, 5.74) is -0.0187. The van der Waals surface area contributed by atoms with Crippen LogP contribution in [-0.2, 0) is 9.53 Å². The lowest BCUT2D eigenvalue weighted by Crippen LogP contribution is -2.59. The van der Waals surface area contributed by atoms with Gasteiger partial charge in [0.1, 0.15) is 17.0 Å². The van der Waals surface area contributed by atoms with Crippen LogP contribution in [0.5, 0.6) is 5.75 Å². The highest BCUT2D eigenvalue weighted by Gasteiger charge is 2.52. The van der Waals surface area contributed by atoms with Crippen molar-refractivity contribution >= 4 is 17.5 Å². The molecule has 2 atom stereocenters. The molecule has 2 fully saturated rings. The lowest BCUT2D eigenvalue weighted by Gasteiger charge is -2.49. The van der Waals surface area contributed by atoms with Gasteiger partial charge in [0.15, 0.2) is 0 Å². The van der Waals surface area contributed by atoms with Gasteiger partial charge in [-0.15, -0.1) is 6.58 Å². The Kier molecular flexibility index (Phi) is 6.99. The molecule has 0 radical (unpaired) electrons. The van der Waals surface area contributed by atoms with Gasteiger partial charge in [-0.05, 0) is 57.4 Å². The molecule has 29 heavy (non-hydrogen) atoms. The summed E-state index contributed by atoms with van der Waals surface area (Å²) < 4.78 is 10.8. The van der Waals surface area contributed by atoms with Crippen molar-refractivity contribution < 1.29 is 14.3 Å². The average molecular weight is 399 g/mol. The third-order valence-electron chi connectivity index (χ3n) is 6.47. The fourth-order valence-corrected chi connectivity index (χ4v) is 4.72. The normalized spacial score (nSPS) is 26.9. The molecule has 2 unspecified atom stereocenters. The highest BCUT2D eigenvalue weighted by atomic mass is 16.5. The van der Waals surface area contributed by atoms with Crippen LogP contribution in [0.4, 0.5) is 5.69 Å². The molecule has 0 amide bonds. The van der Waals surface area contributed by atoms with E-state index in [2.05, 4.69) is 11.5 Å². The molecule has 1 aromatic carbocycles. The second-order valence-corrected chi connectivity index (χ2v) is 8.17. The summed E-state index contributed by atoms with van der Waals surface area (Å²) in [7, 11) is 1.65. The number of nitrogens with zero attached hydrogens (tertiary/aromatic N) is 2. The van der Waals surface area contributed by atoms with Crippen molar-refractivity contribution in [1.82, 2.24) is 4.90 Å². The highest BCUT2D eigenvalue weighted by Crippen LogP contribution is 2.42. The second kappa shape index (κ2) is 9.47. The van der Waals surface area contributed by atoms with Gasteiger partial charge in [-0.2, -0.15) is 0 Å². The van der Waals surface area contributed by atoms with Gasteiger partial charge in [0.05, 0.1) is 19.4 Å². The van der Waals surface area contributed by atoms with Gasteiger partial charge < -0.3 is 14.4 Å². The van der Waals surface area contributed by atoms with Crippen LogP contribution >= 0.6 is 0 Å². The molecule has 5 heteroatoms. The Morgan fingerprint density at radius 2 is 1.93 bits per heavy atom. The van der Waals surface area contributed by atoms with E-state index in [9.17, 15) is 4.79 Å². The van der Waals surface area contributed by atoms with Gasteiger partial charge in [0.25, 0.3) is 0 Å². The molecule has 3 rings (SSSR count). The number of carbonyl (C=O) groups is 1. The number of methoxy groups -OCH3 is 1. The summed E-state index contributed by atoms with van der Waals surface area (Å²) in [5, 5.41) is 0. The number of benzene rings is 1. The van der Waals surface area contributed by atoms with E-state index in [-0.39, 0.29) is 11.9 Å². The first-order valence-electron chi connectivity index (χ1n) is 10.8. The number of hydrogen-bond donors (Lipinski definition) is 0. The minimum absolute atomic E-state index is 0.00149. The Labute approximate surface area is 174 Å². The zero-order chi connectivity index (χ0) is 20.9. The van der Waals surface area contributed by atoms with E-state index < -0.39 is 5.41 Å². The third kappa shape index (κ3) is 4.34. The van der Waals surface area contributed by atoms with Gasteiger partial charge >= 0.3 is 5.97 Å². The number of esters is 1. The summed E-state index contributed by atoms with van der Waals surface area (Å²) in [6.45, 7) is 9.11. The highest BCUT2D eigenvalue weighted by molar-refractivity contribution is 6.07. The number of allylic oxidation sites excluding steroid dienone is 1. The molecule has 1 saturated carbocycles. The molecule has 1 aliphatic carbocycles. The zero-order valence-electron chi connectivity index (χ0n) is 18.0. The fourth-order valence-electron chi connectivity index (χ4n) is 4.72. The van der Waals surface area contributed by atoms with Gasteiger partial charge in [-0.1, -0.05) is 25.3 Å². The first-order chi connectivity index (χ1) is 14.0. The molecule has 1 heterocycles. The molecular weight excluding hydrogens is 364 g/mol. The first kappa shape index (κ1) is 21.4. The maximum atomic E-state index is 13.2. The standard InChI is InChI=1S/C24H34N2O3/c1-5-18-16-17-26(20-10-8-7-9-11-20)22(24(18,3)23(27)29-6-2)25-19-12-14-21(28-4)15-13-19/h5,12-15,18,20H,1,6-11,16-17H2,2-4H3. The Balaban J connectivity index is 2.07. The van der Waals surface area contributed by atoms with Crippen molar-refractivity contribution in [2.24, 2.45) is 16.3 Å². The summed E-state index contributed by atoms with van der Waals surface area (Å²) in [6, 6.07) is 8.11. The van der Waals surface area contributed by atoms with Crippen LogP contribution in [0.25, 0.3) is 0 Å². The molecule has 0 aromatic heterocycles. The minimum Gasteiger partial charge on any atom is -0.497 e. The maximum absolute atomic E-state index is 13.2. The van der Waals surface area contributed by atoms with Crippen LogP contribution in [0.3, 0.4) is 0 Å². The maximum Gasteiger partial charge on any atom is 0.320 e. The van der Waals surface area contributed by atoms with Crippen molar-refractivity contribution in [3.05, 3.63) is 36.9 Å². The zero-order valence-corrected chi connectivity index (χ0v) is 18.0. The number of rotatable bonds is 6. The van der Waals surface area contributed by atoms with E-state index in [1.165, 1.54) is 19.3 Å². The number of carbonyl (C=O) groups excluding carboxylic acids is 1. The molecule has 1 aromatic rings. The van der Waals surface area contributed by atoms with Crippen LogP contribution in [0, 0.1) is 11.3 Å². The van der Waals surface area contributed by atoms with Crippen LogP contribution < -0.4 is 4.74 Å². The number of amidine groups is 1. The number of aliphatic imine (C=N–C) groups is 1. The largest absolute Gasteiger partial charge is 0.497 e. The van der Waals surface area contributed by atoms with Crippen molar-refractivity contribution in [2.75, 3.05) is 20.3 Å². The fraction of sp³-hybridized carbons (Fsp3) is 0.583. The second-order valence-electron chi connectivity index (χ2n) is 8.17. The molecule has 0 N–H and O–H groups in total. The Morgan fingerprint density at radius 3 is 2.52 bits per heavy atom. The lowest BCUT2D eigenvalue weighted by atomic mass is 9.70. The number of hydrogen-bond acceptors (Lipinski definition) is 4. The summed E-state index contributed by atoms with van der Waals surface area (Å²) >= 11 is 0. The topological polar surface area (TPSA) is 51.1 Å². The number of ether oxygens (including phenoxy) is 2. The van der Waals surface area contributed by atoms with Crippen LogP contribution in [0.2, 0.25) is 0 Å². The number of piperidine rings is 1. The molecule has 0 bridgehead atoms. The average Bonchev–Trinajstić information content (AvgIpc) is 2.76. The lowest BCUT2D eigenvalue weighted by molar-refractivity contribution is -0.153. The SMILES string of the molecule is C=CC1CCN(C2CCCCC2)C(=Nc2ccc(OC)cc2)C1(C)C(=O)OCC. The molecule has 1 saturated heterocycles. The monoisotopic (exact) mass is 398 g/mol. The number of likely N-dealkylation sites (tertiary alicyclic amines) is 1. The van der Waals surface area contributed by atoms with Gasteiger partial charge in [-0.3, -0.25) is 4.79 Å². The van der Waals surface area contributed by atoms with Gasteiger partial charge in [0, 0.05) is 18.5 Å². The minimum atomic E-state index is -0.840. The third-order valence-corrected chi connectivity index (χ3v) is 6.47. The van der Waals surface area contributed by atoms with Gasteiger partial charge in [0.2, 0.25) is 0 Å². The van der Waals surface area contributed by atoms with E-state index >= 15 is 0 Å². The van der Waals surface area contributed by atoms with Crippen LogP contribution in [0.1, 0.15) is 52.4 Å². The van der Waals surface area contributed by atoms with Crippen LogP contribution in [0.15, 0.2) is 41.9 Å². The van der Waals surface area contributed by atoms with Crippen LogP contribution in [-0.4, -0.2) is 43.0 Å². The van der Waals surface area contributed by atoms with Crippen molar-refractivity contribution in [3.8, 4) is 5.75 Å². The Bertz CT molecular complexity index is 737. The van der Waals surface area contributed by atoms with E-state index in [4.69, 9.17) is 14.5 Å². The summed E-state index contributed by atoms with van der Waals surface area (Å²) in [5.74, 6) is 1.40. The van der Waals surface area contributed by atoms with Gasteiger partial charge in [-0.25, -0.2) is 4.99 Å². The molecule has 5 nitrogen and oxygen atoms in total. The van der Waals surface area contributed by atoms with E-state index in [0.29, 0.717) is 12.6 Å². The summed E-state index contributed by atoms with van der Waals surface area (Å²) in [4.78, 5) is 20.7. The Hall–Kier alpha value is -2.30. The molecular formula is C24H34N2O3. The van der Waals surface area contributed by atoms with Crippen molar-refractivity contribution in [1.29, 1.82) is 0 Å². The molecule has 1 aliphatic heterocycles. The van der Waals surface area contributed by atoms with E-state index in [0.717, 1.165) is 43.1 Å². The first-order valence-corrected chi connectivity index (χ1v) is 10.8. The molecule has 2 aliphatic rings. The predicted octanol–water partition coefficient (Wildman–Crippen LogP) is 5.14. The van der Waals surface area contributed by atoms with Crippen molar-refractivity contribution in [2.45, 2.75) is 58.4 Å². The molecule has 158 valence electrons. The predicted molar refractivity (Wildman–Crippen MR) is 117 cm³/mol. The quantitative estimate of drug-likeness (QED) is 0.492. The summed E-state index contributed by atoms with van der Waals surface area (Å²) in [6.07, 6.45) is 8.85. The van der Waals surface area contributed by atoms with E-state index in [1.807, 2.05) is 44.2 Å². The Morgan fingerprint density at radius 1 is 1.24 bits per heavy atom. The van der Waals surface area contributed by atoms with Crippen molar-refractivity contribution in [3.63, 3.8) is 0 Å². The smallest absolute Gasteiger partial charge is 0.320 e. The molecule has 0 spiro atoms. The van der Waals surface area contributed by atoms with E-state index in [1.54, 1.807) is 7.11 Å².